The number of piperidine rings is 1. The third-order valence-electron chi connectivity index (χ3n) is 5.06. The number of hydrogen-bond donors (Lipinski definition) is 1. The maximum atomic E-state index is 12.5. The smallest absolute Gasteiger partial charge is 0.318 e. The van der Waals surface area contributed by atoms with E-state index in [2.05, 4.69) is 10.3 Å². The van der Waals surface area contributed by atoms with Crippen molar-refractivity contribution in [2.24, 2.45) is 7.05 Å². The van der Waals surface area contributed by atoms with Crippen LogP contribution in [-0.2, 0) is 18.4 Å². The van der Waals surface area contributed by atoms with Gasteiger partial charge in [-0.3, -0.25) is 4.79 Å². The second-order valence-electron chi connectivity index (χ2n) is 6.47. The number of carbonyl (C=O) groups is 2. The van der Waals surface area contributed by atoms with E-state index >= 15 is 0 Å². The molecule has 120 valence electrons. The van der Waals surface area contributed by atoms with E-state index in [1.807, 2.05) is 40.8 Å². The number of aryl methyl sites for hydroxylation is 1. The Morgan fingerprint density at radius 2 is 1.96 bits per heavy atom. The lowest BCUT2D eigenvalue weighted by molar-refractivity contribution is -0.122. The maximum absolute atomic E-state index is 12.5. The summed E-state index contributed by atoms with van der Waals surface area (Å²) in [4.78, 5) is 30.6. The zero-order valence-corrected chi connectivity index (χ0v) is 13.2. The molecule has 1 aromatic carbocycles. The zero-order chi connectivity index (χ0) is 16.0. The van der Waals surface area contributed by atoms with Crippen molar-refractivity contribution in [3.63, 3.8) is 0 Å². The van der Waals surface area contributed by atoms with Gasteiger partial charge in [0.05, 0.1) is 17.6 Å². The molecule has 1 aromatic heterocycles. The van der Waals surface area contributed by atoms with Gasteiger partial charge in [0, 0.05) is 32.0 Å². The van der Waals surface area contributed by atoms with E-state index < -0.39 is 0 Å². The zero-order valence-electron chi connectivity index (χ0n) is 13.2. The molecule has 23 heavy (non-hydrogen) atoms. The van der Waals surface area contributed by atoms with Crippen molar-refractivity contribution in [1.29, 1.82) is 0 Å². The highest BCUT2D eigenvalue weighted by molar-refractivity contribution is 5.85. The number of carbonyl (C=O) groups excluding carboxylic acids is 2. The number of nitrogens with zero attached hydrogens (tertiary/aromatic N) is 3. The molecule has 2 unspecified atom stereocenters. The van der Waals surface area contributed by atoms with Gasteiger partial charge in [-0.15, -0.1) is 0 Å². The fourth-order valence-corrected chi connectivity index (χ4v) is 3.90. The average molecular weight is 312 g/mol. The third kappa shape index (κ3) is 2.38. The number of aromatic nitrogens is 2. The summed E-state index contributed by atoms with van der Waals surface area (Å²) < 4.78 is 2.00. The van der Waals surface area contributed by atoms with Crippen molar-refractivity contribution in [1.82, 2.24) is 19.8 Å². The van der Waals surface area contributed by atoms with Crippen LogP contribution in [0.2, 0.25) is 0 Å². The van der Waals surface area contributed by atoms with Gasteiger partial charge in [-0.2, -0.15) is 0 Å². The lowest BCUT2D eigenvalue weighted by atomic mass is 10.0. The first-order valence-electron chi connectivity index (χ1n) is 8.11. The molecule has 2 bridgehead atoms. The Kier molecular flexibility index (Phi) is 3.32. The Morgan fingerprint density at radius 3 is 2.65 bits per heavy atom. The average Bonchev–Trinajstić information content (AvgIpc) is 3.01. The van der Waals surface area contributed by atoms with Crippen molar-refractivity contribution in [3.8, 4) is 0 Å². The first-order chi connectivity index (χ1) is 11.1. The number of rotatable bonds is 2. The Bertz CT molecular complexity index is 766. The maximum Gasteiger partial charge on any atom is 0.318 e. The summed E-state index contributed by atoms with van der Waals surface area (Å²) in [6, 6.07) is 8.02. The van der Waals surface area contributed by atoms with E-state index in [0.29, 0.717) is 19.4 Å². The third-order valence-corrected chi connectivity index (χ3v) is 5.06. The number of hydrogen-bond acceptors (Lipinski definition) is 3. The van der Waals surface area contributed by atoms with Gasteiger partial charge in [-0.1, -0.05) is 12.1 Å². The highest BCUT2D eigenvalue weighted by Gasteiger charge is 2.42. The minimum Gasteiger partial charge on any atom is -0.331 e. The molecular weight excluding hydrogens is 292 g/mol. The minimum absolute atomic E-state index is 0.0722. The Labute approximate surface area is 134 Å². The van der Waals surface area contributed by atoms with Crippen molar-refractivity contribution in [2.45, 2.75) is 44.3 Å². The number of ketones is 1. The molecule has 0 saturated carbocycles. The predicted octanol–water partition coefficient (Wildman–Crippen LogP) is 1.98. The Hall–Kier alpha value is -2.37. The van der Waals surface area contributed by atoms with Crippen LogP contribution in [0, 0.1) is 0 Å². The predicted molar refractivity (Wildman–Crippen MR) is 85.8 cm³/mol. The summed E-state index contributed by atoms with van der Waals surface area (Å²) in [7, 11) is 1.96. The number of fused-ring (bicyclic) bond motifs is 3. The number of urea groups is 1. The van der Waals surface area contributed by atoms with Crippen LogP contribution in [0.25, 0.3) is 11.0 Å². The van der Waals surface area contributed by atoms with E-state index in [0.717, 1.165) is 29.7 Å². The molecule has 2 fully saturated rings. The highest BCUT2D eigenvalue weighted by Crippen LogP contribution is 2.33. The van der Waals surface area contributed by atoms with Crippen molar-refractivity contribution < 1.29 is 9.59 Å². The molecule has 4 rings (SSSR count). The molecule has 0 aliphatic carbocycles. The summed E-state index contributed by atoms with van der Waals surface area (Å²) in [6.45, 7) is 0.397. The van der Waals surface area contributed by atoms with Gasteiger partial charge in [0.2, 0.25) is 0 Å². The van der Waals surface area contributed by atoms with Gasteiger partial charge in [0.15, 0.2) is 0 Å². The van der Waals surface area contributed by atoms with Gasteiger partial charge in [0.25, 0.3) is 0 Å². The van der Waals surface area contributed by atoms with Crippen LogP contribution in [-0.4, -0.2) is 38.3 Å². The van der Waals surface area contributed by atoms with Crippen LogP contribution >= 0.6 is 0 Å². The molecule has 6 nitrogen and oxygen atoms in total. The molecule has 2 aliphatic rings. The molecule has 3 heterocycles. The monoisotopic (exact) mass is 312 g/mol. The summed E-state index contributed by atoms with van der Waals surface area (Å²) in [5.74, 6) is 1.12. The number of para-hydroxylation sites is 2. The molecule has 2 amide bonds. The molecule has 2 saturated heterocycles. The SMILES string of the molecule is Cn1c(CNC(=O)N2C3CCC2CC(=O)C3)nc2ccccc21. The van der Waals surface area contributed by atoms with Crippen LogP contribution in [0.15, 0.2) is 24.3 Å². The topological polar surface area (TPSA) is 67.2 Å². The lowest BCUT2D eigenvalue weighted by Crippen LogP contribution is -2.50. The molecule has 2 atom stereocenters. The van der Waals surface area contributed by atoms with Gasteiger partial charge < -0.3 is 14.8 Å². The van der Waals surface area contributed by atoms with Crippen molar-refractivity contribution >= 4 is 22.8 Å². The summed E-state index contributed by atoms with van der Waals surface area (Å²) in [5.41, 5.74) is 1.99. The van der Waals surface area contributed by atoms with E-state index in [-0.39, 0.29) is 23.9 Å². The summed E-state index contributed by atoms with van der Waals surface area (Å²) in [5, 5.41) is 2.98. The largest absolute Gasteiger partial charge is 0.331 e. The van der Waals surface area contributed by atoms with Crippen molar-refractivity contribution in [2.75, 3.05) is 0 Å². The molecule has 2 aromatic rings. The number of amides is 2. The normalized spacial score (nSPS) is 23.5. The van der Waals surface area contributed by atoms with Gasteiger partial charge >= 0.3 is 6.03 Å². The molecule has 1 N–H and O–H groups in total. The second-order valence-corrected chi connectivity index (χ2v) is 6.47. The van der Waals surface area contributed by atoms with Gasteiger partial charge in [-0.25, -0.2) is 9.78 Å². The highest BCUT2D eigenvalue weighted by atomic mass is 16.2. The van der Waals surface area contributed by atoms with Crippen molar-refractivity contribution in [3.05, 3.63) is 30.1 Å². The molecule has 0 radical (unpaired) electrons. The number of benzene rings is 1. The first-order valence-corrected chi connectivity index (χ1v) is 8.11. The Balaban J connectivity index is 1.47. The number of nitrogens with one attached hydrogen (secondary N) is 1. The fourth-order valence-electron chi connectivity index (χ4n) is 3.90. The second kappa shape index (κ2) is 5.37. The van der Waals surface area contributed by atoms with Crippen LogP contribution < -0.4 is 5.32 Å². The number of imidazole rings is 1. The summed E-state index contributed by atoms with van der Waals surface area (Å²) in [6.07, 6.45) is 2.90. The van der Waals surface area contributed by atoms with E-state index in [1.54, 1.807) is 0 Å². The Morgan fingerprint density at radius 1 is 1.26 bits per heavy atom. The standard InChI is InChI=1S/C17H20N4O2/c1-20-15-5-3-2-4-14(15)19-16(20)10-18-17(23)21-11-6-7-12(21)9-13(22)8-11/h2-5,11-12H,6-10H2,1H3,(H,18,23). The lowest BCUT2D eigenvalue weighted by Gasteiger charge is -2.33. The van der Waals surface area contributed by atoms with Gasteiger partial charge in [0.1, 0.15) is 11.6 Å². The van der Waals surface area contributed by atoms with E-state index in [4.69, 9.17) is 0 Å². The van der Waals surface area contributed by atoms with E-state index in [9.17, 15) is 9.59 Å². The van der Waals surface area contributed by atoms with Crippen LogP contribution in [0.1, 0.15) is 31.5 Å². The minimum atomic E-state index is -0.0722. The van der Waals surface area contributed by atoms with Gasteiger partial charge in [-0.05, 0) is 25.0 Å². The number of Topliss-reactive ketones (excluding diaryl/α,β-unsaturated/α-hetero) is 1. The van der Waals surface area contributed by atoms with E-state index in [1.165, 1.54) is 0 Å². The first kappa shape index (κ1) is 14.2. The fraction of sp³-hybridized carbons (Fsp3) is 0.471. The van der Waals surface area contributed by atoms with Crippen LogP contribution in [0.4, 0.5) is 4.79 Å². The van der Waals surface area contributed by atoms with Crippen LogP contribution in [0.5, 0.6) is 0 Å². The quantitative estimate of drug-likeness (QED) is 0.922. The summed E-state index contributed by atoms with van der Waals surface area (Å²) >= 11 is 0. The van der Waals surface area contributed by atoms with Crippen LogP contribution in [0.3, 0.4) is 0 Å². The molecular formula is C17H20N4O2. The molecule has 0 spiro atoms. The molecule has 6 heteroatoms. The molecule has 2 aliphatic heterocycles.